The van der Waals surface area contributed by atoms with Crippen LogP contribution in [-0.4, -0.2) is 37.5 Å². The van der Waals surface area contributed by atoms with Gasteiger partial charge in [0.2, 0.25) is 0 Å². The van der Waals surface area contributed by atoms with Crippen LogP contribution in [0.2, 0.25) is 0 Å². The van der Waals surface area contributed by atoms with Crippen molar-refractivity contribution in [3.63, 3.8) is 0 Å². The molecule has 0 bridgehead atoms. The quantitative estimate of drug-likeness (QED) is 0.656. The van der Waals surface area contributed by atoms with Gasteiger partial charge in [0, 0.05) is 19.8 Å². The van der Waals surface area contributed by atoms with E-state index in [4.69, 9.17) is 4.74 Å². The van der Waals surface area contributed by atoms with Crippen LogP contribution in [0.1, 0.15) is 46.0 Å². The van der Waals surface area contributed by atoms with E-state index in [9.17, 15) is 5.11 Å². The normalized spacial score (nSPS) is 21.9. The van der Waals surface area contributed by atoms with Crippen molar-refractivity contribution in [2.24, 2.45) is 5.41 Å². The van der Waals surface area contributed by atoms with Gasteiger partial charge in [0.05, 0.1) is 6.10 Å². The summed E-state index contributed by atoms with van der Waals surface area (Å²) in [6.07, 6.45) is 5.08. The van der Waals surface area contributed by atoms with Gasteiger partial charge in [0.1, 0.15) is 0 Å². The van der Waals surface area contributed by atoms with E-state index in [2.05, 4.69) is 12.2 Å². The fourth-order valence-electron chi connectivity index (χ4n) is 2.10. The zero-order valence-electron chi connectivity index (χ0n) is 10.8. The third-order valence-corrected chi connectivity index (χ3v) is 3.61. The molecular weight excluding hydrogens is 202 g/mol. The number of hydrogen-bond acceptors (Lipinski definition) is 3. The summed E-state index contributed by atoms with van der Waals surface area (Å²) in [5.41, 5.74) is 0.418. The van der Waals surface area contributed by atoms with Crippen molar-refractivity contribution in [2.45, 2.75) is 52.1 Å². The molecule has 0 aromatic carbocycles. The van der Waals surface area contributed by atoms with Crippen molar-refractivity contribution in [3.05, 3.63) is 0 Å². The average molecular weight is 229 g/mol. The Morgan fingerprint density at radius 2 is 2.06 bits per heavy atom. The van der Waals surface area contributed by atoms with Gasteiger partial charge in [-0.15, -0.1) is 0 Å². The molecule has 2 N–H and O–H groups in total. The number of hydrogen-bond donors (Lipinski definition) is 2. The lowest BCUT2D eigenvalue weighted by Gasteiger charge is -2.33. The van der Waals surface area contributed by atoms with Crippen LogP contribution in [0.15, 0.2) is 0 Å². The fourth-order valence-corrected chi connectivity index (χ4v) is 2.10. The number of rotatable bonds is 7. The van der Waals surface area contributed by atoms with Gasteiger partial charge in [-0.1, -0.05) is 13.8 Å². The summed E-state index contributed by atoms with van der Waals surface area (Å²) in [4.78, 5) is 0. The largest absolute Gasteiger partial charge is 0.393 e. The van der Waals surface area contributed by atoms with E-state index < -0.39 is 0 Å². The third-order valence-electron chi connectivity index (χ3n) is 3.61. The summed E-state index contributed by atoms with van der Waals surface area (Å²) < 4.78 is 5.38. The molecule has 0 saturated carbocycles. The van der Waals surface area contributed by atoms with E-state index in [1.807, 2.05) is 6.92 Å². The van der Waals surface area contributed by atoms with Crippen molar-refractivity contribution >= 4 is 0 Å². The zero-order valence-corrected chi connectivity index (χ0v) is 10.8. The van der Waals surface area contributed by atoms with Crippen molar-refractivity contribution < 1.29 is 9.84 Å². The number of nitrogens with one attached hydrogen (secondary N) is 1. The van der Waals surface area contributed by atoms with Crippen LogP contribution in [0.3, 0.4) is 0 Å². The first-order chi connectivity index (χ1) is 7.66. The highest BCUT2D eigenvalue weighted by Crippen LogP contribution is 2.28. The molecule has 1 aliphatic rings. The summed E-state index contributed by atoms with van der Waals surface area (Å²) in [6, 6.07) is 0. The first-order valence-electron chi connectivity index (χ1n) is 6.63. The van der Waals surface area contributed by atoms with Crippen LogP contribution >= 0.6 is 0 Å². The number of aliphatic hydroxyl groups excluding tert-OH is 1. The second kappa shape index (κ2) is 7.25. The Balaban J connectivity index is 2.01. The lowest BCUT2D eigenvalue weighted by molar-refractivity contribution is 0.0241. The Morgan fingerprint density at radius 3 is 2.69 bits per heavy atom. The molecule has 96 valence electrons. The summed E-state index contributed by atoms with van der Waals surface area (Å²) >= 11 is 0. The second-order valence-corrected chi connectivity index (χ2v) is 5.30. The SMILES string of the molecule is CCC(O)CCCNCC1(C)CCOCC1. The van der Waals surface area contributed by atoms with Crippen molar-refractivity contribution in [3.8, 4) is 0 Å². The lowest BCUT2D eigenvalue weighted by Crippen LogP contribution is -2.37. The van der Waals surface area contributed by atoms with Crippen molar-refractivity contribution in [1.29, 1.82) is 0 Å². The monoisotopic (exact) mass is 229 g/mol. The molecule has 1 atom stereocenters. The first-order valence-corrected chi connectivity index (χ1v) is 6.63. The van der Waals surface area contributed by atoms with Crippen LogP contribution in [-0.2, 0) is 4.74 Å². The van der Waals surface area contributed by atoms with Crippen LogP contribution in [0.25, 0.3) is 0 Å². The molecule has 0 amide bonds. The Bertz CT molecular complexity index is 179. The van der Waals surface area contributed by atoms with Crippen LogP contribution in [0.4, 0.5) is 0 Å². The molecule has 16 heavy (non-hydrogen) atoms. The van der Waals surface area contributed by atoms with Crippen LogP contribution in [0.5, 0.6) is 0 Å². The summed E-state index contributed by atoms with van der Waals surface area (Å²) in [5, 5.41) is 12.9. The number of aliphatic hydroxyl groups is 1. The molecule has 1 heterocycles. The maximum absolute atomic E-state index is 9.41. The molecule has 3 heteroatoms. The molecule has 0 spiro atoms. The molecule has 1 fully saturated rings. The smallest absolute Gasteiger partial charge is 0.0538 e. The Hall–Kier alpha value is -0.120. The van der Waals surface area contributed by atoms with Gasteiger partial charge >= 0.3 is 0 Å². The molecule has 1 unspecified atom stereocenters. The van der Waals surface area contributed by atoms with Gasteiger partial charge in [-0.3, -0.25) is 0 Å². The minimum Gasteiger partial charge on any atom is -0.393 e. The van der Waals surface area contributed by atoms with E-state index >= 15 is 0 Å². The zero-order chi connectivity index (χ0) is 11.9. The topological polar surface area (TPSA) is 41.5 Å². The standard InChI is InChI=1S/C13H27NO2/c1-3-12(15)5-4-8-14-11-13(2)6-9-16-10-7-13/h12,14-15H,3-11H2,1-2H3. The van der Waals surface area contributed by atoms with Gasteiger partial charge in [-0.05, 0) is 44.1 Å². The Kier molecular flexibility index (Phi) is 6.32. The Morgan fingerprint density at radius 1 is 1.38 bits per heavy atom. The average Bonchev–Trinajstić information content (AvgIpc) is 2.29. The highest BCUT2D eigenvalue weighted by Gasteiger charge is 2.26. The van der Waals surface area contributed by atoms with Gasteiger partial charge in [0.25, 0.3) is 0 Å². The van der Waals surface area contributed by atoms with E-state index in [0.29, 0.717) is 5.41 Å². The van der Waals surface area contributed by atoms with E-state index in [1.54, 1.807) is 0 Å². The highest BCUT2D eigenvalue weighted by atomic mass is 16.5. The summed E-state index contributed by atoms with van der Waals surface area (Å²) in [7, 11) is 0. The van der Waals surface area contributed by atoms with E-state index in [0.717, 1.165) is 58.4 Å². The number of ether oxygens (including phenoxy) is 1. The van der Waals surface area contributed by atoms with Gasteiger partial charge in [-0.2, -0.15) is 0 Å². The van der Waals surface area contributed by atoms with Gasteiger partial charge in [0.15, 0.2) is 0 Å². The maximum Gasteiger partial charge on any atom is 0.0538 e. The predicted octanol–water partition coefficient (Wildman–Crippen LogP) is 1.94. The molecule has 0 aromatic rings. The lowest BCUT2D eigenvalue weighted by atomic mass is 9.82. The van der Waals surface area contributed by atoms with Gasteiger partial charge < -0.3 is 15.2 Å². The molecule has 1 saturated heterocycles. The van der Waals surface area contributed by atoms with Crippen LogP contribution < -0.4 is 5.32 Å². The van der Waals surface area contributed by atoms with Gasteiger partial charge in [-0.25, -0.2) is 0 Å². The Labute approximate surface area is 99.6 Å². The maximum atomic E-state index is 9.41. The van der Waals surface area contributed by atoms with Crippen molar-refractivity contribution in [2.75, 3.05) is 26.3 Å². The van der Waals surface area contributed by atoms with E-state index in [-0.39, 0.29) is 6.10 Å². The molecule has 0 aliphatic carbocycles. The minimum atomic E-state index is -0.111. The summed E-state index contributed by atoms with van der Waals surface area (Å²) in [5.74, 6) is 0. The molecule has 3 nitrogen and oxygen atoms in total. The fraction of sp³-hybridized carbons (Fsp3) is 1.00. The molecule has 0 aromatic heterocycles. The third kappa shape index (κ3) is 5.28. The molecule has 1 rings (SSSR count). The molecule has 1 aliphatic heterocycles. The predicted molar refractivity (Wildman–Crippen MR) is 66.6 cm³/mol. The molecule has 0 radical (unpaired) electrons. The second-order valence-electron chi connectivity index (χ2n) is 5.30. The highest BCUT2D eigenvalue weighted by molar-refractivity contribution is 4.79. The van der Waals surface area contributed by atoms with Crippen LogP contribution in [0, 0.1) is 5.41 Å². The van der Waals surface area contributed by atoms with Crippen molar-refractivity contribution in [1.82, 2.24) is 5.32 Å². The minimum absolute atomic E-state index is 0.111. The summed E-state index contributed by atoms with van der Waals surface area (Å²) in [6.45, 7) is 8.29. The van der Waals surface area contributed by atoms with E-state index in [1.165, 1.54) is 0 Å². The first kappa shape index (κ1) is 13.9. The molecular formula is C13H27NO2.